The van der Waals surface area contributed by atoms with Gasteiger partial charge in [0.05, 0.1) is 0 Å². The third kappa shape index (κ3) is 1.77. The van der Waals surface area contributed by atoms with E-state index in [1.54, 1.807) is 17.5 Å². The Bertz CT molecular complexity index is 401. The van der Waals surface area contributed by atoms with E-state index >= 15 is 0 Å². The van der Waals surface area contributed by atoms with Gasteiger partial charge in [-0.15, -0.1) is 11.3 Å². The first-order valence-electron chi connectivity index (χ1n) is 4.49. The van der Waals surface area contributed by atoms with Crippen LogP contribution in [0.15, 0.2) is 29.8 Å². The highest BCUT2D eigenvalue weighted by atomic mass is 32.1. The summed E-state index contributed by atoms with van der Waals surface area (Å²) in [4.78, 5) is 5.43. The zero-order valence-electron chi connectivity index (χ0n) is 8.03. The predicted molar refractivity (Wildman–Crippen MR) is 60.5 cm³/mol. The van der Waals surface area contributed by atoms with Crippen LogP contribution >= 0.6 is 11.3 Å². The molecule has 0 radical (unpaired) electrons. The van der Waals surface area contributed by atoms with Gasteiger partial charge in [-0.2, -0.15) is 0 Å². The number of hydrogen-bond donors (Lipinski definition) is 1. The molecule has 72 valence electrons. The molecule has 2 heterocycles. The zero-order chi connectivity index (χ0) is 9.97. The Balaban J connectivity index is 2.33. The Kier molecular flexibility index (Phi) is 2.50. The Labute approximate surface area is 87.4 Å². The molecule has 0 aliphatic carbocycles. The average Bonchev–Trinajstić information content (AvgIpc) is 2.64. The molecule has 2 aromatic rings. The topological polar surface area (TPSA) is 38.9 Å². The summed E-state index contributed by atoms with van der Waals surface area (Å²) in [6.07, 6.45) is 2.64. The molecule has 0 saturated carbocycles. The molecule has 0 aromatic carbocycles. The number of nitrogens with zero attached hydrogens (tertiary/aromatic N) is 1. The first kappa shape index (κ1) is 9.21. The molecule has 0 bridgehead atoms. The molecule has 2 aromatic heterocycles. The first-order chi connectivity index (χ1) is 6.77. The SMILES string of the molecule is Cc1ccnc(N)c1Cc1cccs1. The van der Waals surface area contributed by atoms with Crippen LogP contribution in [0.25, 0.3) is 0 Å². The van der Waals surface area contributed by atoms with Crippen molar-refractivity contribution in [2.24, 2.45) is 0 Å². The lowest BCUT2D eigenvalue weighted by Crippen LogP contribution is -2.00. The lowest BCUT2D eigenvalue weighted by Gasteiger charge is -2.06. The van der Waals surface area contributed by atoms with E-state index in [1.807, 2.05) is 6.07 Å². The Hall–Kier alpha value is -1.35. The molecule has 2 rings (SSSR count). The van der Waals surface area contributed by atoms with Gasteiger partial charge in [-0.25, -0.2) is 4.98 Å². The lowest BCUT2D eigenvalue weighted by molar-refractivity contribution is 1.14. The van der Waals surface area contributed by atoms with Crippen molar-refractivity contribution in [3.8, 4) is 0 Å². The number of nitrogens with two attached hydrogens (primary N) is 1. The molecule has 0 saturated heterocycles. The monoisotopic (exact) mass is 204 g/mol. The van der Waals surface area contributed by atoms with Crippen molar-refractivity contribution in [3.63, 3.8) is 0 Å². The number of anilines is 1. The molecule has 2 N–H and O–H groups in total. The largest absolute Gasteiger partial charge is 0.383 e. The minimum Gasteiger partial charge on any atom is -0.383 e. The van der Waals surface area contributed by atoms with Crippen molar-refractivity contribution in [2.75, 3.05) is 5.73 Å². The number of rotatable bonds is 2. The molecule has 0 fully saturated rings. The van der Waals surface area contributed by atoms with Gasteiger partial charge >= 0.3 is 0 Å². The molecule has 0 unspecified atom stereocenters. The summed E-state index contributed by atoms with van der Waals surface area (Å²) in [5.74, 6) is 0.651. The minimum atomic E-state index is 0.651. The Morgan fingerprint density at radius 3 is 2.93 bits per heavy atom. The van der Waals surface area contributed by atoms with Crippen molar-refractivity contribution < 1.29 is 0 Å². The van der Waals surface area contributed by atoms with E-state index in [-0.39, 0.29) is 0 Å². The summed E-state index contributed by atoms with van der Waals surface area (Å²) in [6, 6.07) is 6.18. The highest BCUT2D eigenvalue weighted by molar-refractivity contribution is 7.09. The fourth-order valence-electron chi connectivity index (χ4n) is 1.43. The molecular formula is C11H12N2S. The van der Waals surface area contributed by atoms with E-state index in [4.69, 9.17) is 5.73 Å². The maximum Gasteiger partial charge on any atom is 0.127 e. The summed E-state index contributed by atoms with van der Waals surface area (Å²) >= 11 is 1.75. The van der Waals surface area contributed by atoms with Crippen molar-refractivity contribution in [2.45, 2.75) is 13.3 Å². The summed E-state index contributed by atoms with van der Waals surface area (Å²) in [5, 5.41) is 2.08. The summed E-state index contributed by atoms with van der Waals surface area (Å²) in [7, 11) is 0. The van der Waals surface area contributed by atoms with E-state index in [1.165, 1.54) is 10.4 Å². The molecule has 3 heteroatoms. The van der Waals surface area contributed by atoms with Crippen LogP contribution in [0.4, 0.5) is 5.82 Å². The van der Waals surface area contributed by atoms with Crippen LogP contribution in [0.2, 0.25) is 0 Å². The molecule has 0 atom stereocenters. The normalized spacial score (nSPS) is 10.4. The number of nitrogen functional groups attached to an aromatic ring is 1. The van der Waals surface area contributed by atoms with Gasteiger partial charge in [0, 0.05) is 23.1 Å². The van der Waals surface area contributed by atoms with Crippen LogP contribution in [-0.2, 0) is 6.42 Å². The predicted octanol–water partition coefficient (Wildman–Crippen LogP) is 2.62. The number of aromatic nitrogens is 1. The van der Waals surface area contributed by atoms with Crippen molar-refractivity contribution >= 4 is 17.2 Å². The van der Waals surface area contributed by atoms with Gasteiger partial charge < -0.3 is 5.73 Å². The summed E-state index contributed by atoms with van der Waals surface area (Å²) < 4.78 is 0. The fourth-order valence-corrected chi connectivity index (χ4v) is 2.14. The maximum atomic E-state index is 5.83. The van der Waals surface area contributed by atoms with Crippen molar-refractivity contribution in [3.05, 3.63) is 45.8 Å². The van der Waals surface area contributed by atoms with E-state index in [0.29, 0.717) is 5.82 Å². The third-order valence-electron chi connectivity index (χ3n) is 2.25. The van der Waals surface area contributed by atoms with E-state index in [2.05, 4.69) is 29.4 Å². The molecule has 2 nitrogen and oxygen atoms in total. The van der Waals surface area contributed by atoms with E-state index < -0.39 is 0 Å². The molecule has 0 aliphatic rings. The lowest BCUT2D eigenvalue weighted by atomic mass is 10.1. The number of hydrogen-bond acceptors (Lipinski definition) is 3. The Morgan fingerprint density at radius 1 is 1.43 bits per heavy atom. The van der Waals surface area contributed by atoms with Crippen molar-refractivity contribution in [1.82, 2.24) is 4.98 Å². The fraction of sp³-hybridized carbons (Fsp3) is 0.182. The smallest absolute Gasteiger partial charge is 0.127 e. The summed E-state index contributed by atoms with van der Waals surface area (Å²) in [6.45, 7) is 2.07. The zero-order valence-corrected chi connectivity index (χ0v) is 8.84. The van der Waals surface area contributed by atoms with Crippen LogP contribution < -0.4 is 5.73 Å². The van der Waals surface area contributed by atoms with Gasteiger partial charge in [0.2, 0.25) is 0 Å². The molecule has 0 spiro atoms. The number of thiophene rings is 1. The molecule has 0 amide bonds. The molecule has 14 heavy (non-hydrogen) atoms. The second kappa shape index (κ2) is 3.80. The Morgan fingerprint density at radius 2 is 2.29 bits per heavy atom. The standard InChI is InChI=1S/C11H12N2S/c1-8-4-5-13-11(12)10(8)7-9-3-2-6-14-9/h2-6H,7H2,1H3,(H2,12,13). The van der Waals surface area contributed by atoms with Crippen LogP contribution in [0.3, 0.4) is 0 Å². The van der Waals surface area contributed by atoms with Gasteiger partial charge in [-0.3, -0.25) is 0 Å². The molecule has 0 aliphatic heterocycles. The van der Waals surface area contributed by atoms with E-state index in [9.17, 15) is 0 Å². The van der Waals surface area contributed by atoms with Gasteiger partial charge in [0.15, 0.2) is 0 Å². The van der Waals surface area contributed by atoms with E-state index in [0.717, 1.165) is 12.0 Å². The minimum absolute atomic E-state index is 0.651. The van der Waals surface area contributed by atoms with Gasteiger partial charge in [-0.05, 0) is 30.0 Å². The number of aryl methyl sites for hydroxylation is 1. The summed E-state index contributed by atoms with van der Waals surface area (Å²) in [5.41, 5.74) is 8.19. The highest BCUT2D eigenvalue weighted by Gasteiger charge is 2.05. The van der Waals surface area contributed by atoms with Crippen LogP contribution in [-0.4, -0.2) is 4.98 Å². The van der Waals surface area contributed by atoms with Gasteiger partial charge in [-0.1, -0.05) is 6.07 Å². The second-order valence-electron chi connectivity index (χ2n) is 3.25. The first-order valence-corrected chi connectivity index (χ1v) is 5.37. The maximum absolute atomic E-state index is 5.83. The molecular weight excluding hydrogens is 192 g/mol. The average molecular weight is 204 g/mol. The van der Waals surface area contributed by atoms with Gasteiger partial charge in [0.1, 0.15) is 5.82 Å². The van der Waals surface area contributed by atoms with Crippen LogP contribution in [0, 0.1) is 6.92 Å². The third-order valence-corrected chi connectivity index (χ3v) is 3.13. The second-order valence-corrected chi connectivity index (χ2v) is 4.28. The van der Waals surface area contributed by atoms with Crippen LogP contribution in [0.5, 0.6) is 0 Å². The highest BCUT2D eigenvalue weighted by Crippen LogP contribution is 2.20. The van der Waals surface area contributed by atoms with Crippen LogP contribution in [0.1, 0.15) is 16.0 Å². The van der Waals surface area contributed by atoms with Crippen molar-refractivity contribution in [1.29, 1.82) is 0 Å². The van der Waals surface area contributed by atoms with Gasteiger partial charge in [0.25, 0.3) is 0 Å². The quantitative estimate of drug-likeness (QED) is 0.816. The number of pyridine rings is 1.